The van der Waals surface area contributed by atoms with Crippen molar-refractivity contribution in [3.8, 4) is 0 Å². The molecule has 0 saturated carbocycles. The van der Waals surface area contributed by atoms with Crippen molar-refractivity contribution >= 4 is 56.2 Å². The zero-order chi connectivity index (χ0) is 19.6. The van der Waals surface area contributed by atoms with E-state index in [1.165, 1.54) is 10.4 Å². The number of carbonyl (C=O) groups excluding carboxylic acids is 1. The van der Waals surface area contributed by atoms with E-state index in [0.29, 0.717) is 41.2 Å². The number of halogens is 2. The molecule has 0 bridgehead atoms. The van der Waals surface area contributed by atoms with Crippen LogP contribution in [0, 0.1) is 6.92 Å². The van der Waals surface area contributed by atoms with Gasteiger partial charge in [-0.15, -0.1) is 11.3 Å². The Morgan fingerprint density at radius 3 is 2.44 bits per heavy atom. The predicted octanol–water partition coefficient (Wildman–Crippen LogP) is 3.31. The Labute approximate surface area is 172 Å². The third-order valence-electron chi connectivity index (χ3n) is 4.24. The van der Waals surface area contributed by atoms with E-state index in [1.54, 1.807) is 18.2 Å². The molecule has 1 aromatic carbocycles. The van der Waals surface area contributed by atoms with Crippen LogP contribution in [-0.2, 0) is 14.8 Å². The van der Waals surface area contributed by atoms with Gasteiger partial charge < -0.3 is 5.32 Å². The SMILES string of the molecule is Cc1ccc(NC(=O)CN2CCN(S(=O)(=O)c3ccc(Cl)s3)CC2)c(Cl)c1. The smallest absolute Gasteiger partial charge is 0.252 e. The van der Waals surface area contributed by atoms with Crippen LogP contribution >= 0.6 is 34.5 Å². The number of nitrogens with zero attached hydrogens (tertiary/aromatic N) is 2. The second-order valence-corrected chi connectivity index (χ2v) is 10.6. The quantitative estimate of drug-likeness (QED) is 0.762. The zero-order valence-corrected chi connectivity index (χ0v) is 17.8. The molecule has 0 radical (unpaired) electrons. The highest BCUT2D eigenvalue weighted by molar-refractivity contribution is 7.91. The van der Waals surface area contributed by atoms with Crippen LogP contribution in [0.15, 0.2) is 34.5 Å². The van der Waals surface area contributed by atoms with E-state index < -0.39 is 10.0 Å². The maximum atomic E-state index is 12.6. The van der Waals surface area contributed by atoms with Gasteiger partial charge in [0.2, 0.25) is 5.91 Å². The number of carbonyl (C=O) groups is 1. The summed E-state index contributed by atoms with van der Waals surface area (Å²) in [6.07, 6.45) is 0. The number of rotatable bonds is 5. The first-order valence-corrected chi connectivity index (χ1v) is 11.3. The standard InChI is InChI=1S/C17H19Cl2N3O3S2/c1-12-2-3-14(13(18)10-12)20-16(23)11-21-6-8-22(9-7-21)27(24,25)17-5-4-15(19)26-17/h2-5,10H,6-9,11H2,1H3,(H,20,23). The highest BCUT2D eigenvalue weighted by Crippen LogP contribution is 2.28. The van der Waals surface area contributed by atoms with E-state index in [2.05, 4.69) is 5.32 Å². The number of thiophene rings is 1. The molecule has 0 spiro atoms. The molecular formula is C17H19Cl2N3O3S2. The minimum atomic E-state index is -3.53. The van der Waals surface area contributed by atoms with E-state index >= 15 is 0 Å². The lowest BCUT2D eigenvalue weighted by Crippen LogP contribution is -2.50. The maximum Gasteiger partial charge on any atom is 0.252 e. The summed E-state index contributed by atoms with van der Waals surface area (Å²) in [7, 11) is -3.53. The molecule has 1 aliphatic heterocycles. The molecule has 1 fully saturated rings. The molecule has 1 aliphatic rings. The number of hydrogen-bond donors (Lipinski definition) is 1. The molecule has 0 aliphatic carbocycles. The van der Waals surface area contributed by atoms with Crippen LogP contribution in [0.4, 0.5) is 5.69 Å². The number of anilines is 1. The monoisotopic (exact) mass is 447 g/mol. The van der Waals surface area contributed by atoms with Crippen LogP contribution in [0.3, 0.4) is 0 Å². The van der Waals surface area contributed by atoms with Crippen molar-refractivity contribution in [2.24, 2.45) is 0 Å². The molecular weight excluding hydrogens is 429 g/mol. The minimum Gasteiger partial charge on any atom is -0.324 e. The van der Waals surface area contributed by atoms with Crippen molar-refractivity contribution in [3.63, 3.8) is 0 Å². The van der Waals surface area contributed by atoms with Gasteiger partial charge >= 0.3 is 0 Å². The van der Waals surface area contributed by atoms with Gasteiger partial charge in [0.15, 0.2) is 0 Å². The first kappa shape index (κ1) is 20.6. The number of benzene rings is 1. The fourth-order valence-corrected chi connectivity index (χ4v) is 6.15. The van der Waals surface area contributed by atoms with Crippen LogP contribution in [0.1, 0.15) is 5.56 Å². The number of sulfonamides is 1. The van der Waals surface area contributed by atoms with E-state index in [-0.39, 0.29) is 16.7 Å². The molecule has 1 saturated heterocycles. The lowest BCUT2D eigenvalue weighted by molar-refractivity contribution is -0.117. The van der Waals surface area contributed by atoms with Gasteiger partial charge in [-0.05, 0) is 36.8 Å². The summed E-state index contributed by atoms with van der Waals surface area (Å²) in [5.41, 5.74) is 1.59. The topological polar surface area (TPSA) is 69.7 Å². The average Bonchev–Trinajstić information content (AvgIpc) is 3.05. The molecule has 6 nitrogen and oxygen atoms in total. The maximum absolute atomic E-state index is 12.6. The van der Waals surface area contributed by atoms with Crippen LogP contribution in [-0.4, -0.2) is 56.3 Å². The highest BCUT2D eigenvalue weighted by Gasteiger charge is 2.30. The summed E-state index contributed by atoms with van der Waals surface area (Å²) in [5, 5.41) is 3.29. The number of nitrogens with one attached hydrogen (secondary N) is 1. The minimum absolute atomic E-state index is 0.179. The fourth-order valence-electron chi connectivity index (χ4n) is 2.81. The third-order valence-corrected chi connectivity index (χ3v) is 8.15. The van der Waals surface area contributed by atoms with Gasteiger partial charge in [0, 0.05) is 26.2 Å². The van der Waals surface area contributed by atoms with Gasteiger partial charge in [-0.25, -0.2) is 8.42 Å². The Kier molecular flexibility index (Phi) is 6.45. The average molecular weight is 448 g/mol. The summed E-state index contributed by atoms with van der Waals surface area (Å²) in [6.45, 7) is 3.73. The van der Waals surface area contributed by atoms with Crippen molar-refractivity contribution < 1.29 is 13.2 Å². The number of hydrogen-bond acceptors (Lipinski definition) is 5. The van der Waals surface area contributed by atoms with Crippen molar-refractivity contribution in [2.45, 2.75) is 11.1 Å². The lowest BCUT2D eigenvalue weighted by atomic mass is 10.2. The van der Waals surface area contributed by atoms with Gasteiger partial charge in [-0.3, -0.25) is 9.69 Å². The first-order chi connectivity index (χ1) is 12.8. The molecule has 1 amide bonds. The first-order valence-electron chi connectivity index (χ1n) is 8.29. The van der Waals surface area contributed by atoms with Crippen molar-refractivity contribution in [1.29, 1.82) is 0 Å². The van der Waals surface area contributed by atoms with Crippen LogP contribution in [0.5, 0.6) is 0 Å². The summed E-state index contributed by atoms with van der Waals surface area (Å²) in [4.78, 5) is 14.2. The summed E-state index contributed by atoms with van der Waals surface area (Å²) >= 11 is 13.0. The summed E-state index contributed by atoms with van der Waals surface area (Å²) in [6, 6.07) is 8.54. The van der Waals surface area contributed by atoms with Gasteiger partial charge in [0.1, 0.15) is 4.21 Å². The molecule has 2 heterocycles. The molecule has 10 heteroatoms. The van der Waals surface area contributed by atoms with E-state index in [0.717, 1.165) is 16.9 Å². The molecule has 0 atom stereocenters. The van der Waals surface area contributed by atoms with Gasteiger partial charge in [-0.2, -0.15) is 4.31 Å². The highest BCUT2D eigenvalue weighted by atomic mass is 35.5. The fraction of sp³-hybridized carbons (Fsp3) is 0.353. The van der Waals surface area contributed by atoms with Crippen molar-refractivity contribution in [1.82, 2.24) is 9.21 Å². The van der Waals surface area contributed by atoms with Gasteiger partial charge in [-0.1, -0.05) is 29.3 Å². The van der Waals surface area contributed by atoms with E-state index in [9.17, 15) is 13.2 Å². The number of amides is 1. The van der Waals surface area contributed by atoms with Crippen LogP contribution < -0.4 is 5.32 Å². The van der Waals surface area contributed by atoms with Gasteiger partial charge in [0.05, 0.1) is 21.6 Å². The molecule has 1 aromatic heterocycles. The Hall–Kier alpha value is -1.16. The largest absolute Gasteiger partial charge is 0.324 e. The number of piperazine rings is 1. The Balaban J connectivity index is 1.54. The van der Waals surface area contributed by atoms with E-state index in [4.69, 9.17) is 23.2 Å². The Bertz CT molecular complexity index is 939. The summed E-state index contributed by atoms with van der Waals surface area (Å²) < 4.78 is 27.3. The third kappa shape index (κ3) is 5.01. The zero-order valence-electron chi connectivity index (χ0n) is 14.6. The second kappa shape index (κ2) is 8.46. The van der Waals surface area contributed by atoms with Crippen molar-refractivity contribution in [3.05, 3.63) is 45.3 Å². The Morgan fingerprint density at radius 2 is 1.85 bits per heavy atom. The molecule has 146 valence electrons. The molecule has 27 heavy (non-hydrogen) atoms. The summed E-state index contributed by atoms with van der Waals surface area (Å²) in [5.74, 6) is -0.179. The molecule has 0 unspecified atom stereocenters. The van der Waals surface area contributed by atoms with Crippen LogP contribution in [0.2, 0.25) is 9.36 Å². The van der Waals surface area contributed by atoms with Crippen molar-refractivity contribution in [2.75, 3.05) is 38.0 Å². The molecule has 2 aromatic rings. The predicted molar refractivity (Wildman–Crippen MR) is 109 cm³/mol. The molecule has 1 N–H and O–H groups in total. The second-order valence-electron chi connectivity index (χ2n) is 6.27. The number of aryl methyl sites for hydroxylation is 1. The van der Waals surface area contributed by atoms with Gasteiger partial charge in [0.25, 0.3) is 10.0 Å². The Morgan fingerprint density at radius 1 is 1.15 bits per heavy atom. The van der Waals surface area contributed by atoms with Crippen LogP contribution in [0.25, 0.3) is 0 Å². The normalized spacial score (nSPS) is 16.4. The molecule has 3 rings (SSSR count). The lowest BCUT2D eigenvalue weighted by Gasteiger charge is -2.33. The van der Waals surface area contributed by atoms with E-state index in [1.807, 2.05) is 17.9 Å².